The normalized spacial score (nSPS) is 26.7. The van der Waals surface area contributed by atoms with Gasteiger partial charge in [0.15, 0.2) is 0 Å². The third-order valence-electron chi connectivity index (χ3n) is 4.96. The Morgan fingerprint density at radius 3 is 2.69 bits per heavy atom. The fraction of sp³-hybridized carbons (Fsp3) is 0.500. The van der Waals surface area contributed by atoms with Crippen LogP contribution < -0.4 is 21.1 Å². The number of nitrogens with one attached hydrogen (secondary N) is 2. The van der Waals surface area contributed by atoms with Crippen molar-refractivity contribution in [2.75, 3.05) is 20.2 Å². The predicted octanol–water partition coefficient (Wildman–Crippen LogP) is -0.138. The monoisotopic (exact) mass is 382 g/mol. The molecule has 1 aromatic rings. The van der Waals surface area contributed by atoms with Crippen molar-refractivity contribution in [2.24, 2.45) is 5.73 Å². The van der Waals surface area contributed by atoms with Crippen molar-refractivity contribution in [1.82, 2.24) is 14.9 Å². The number of carbonyl (C=O) groups excluding carboxylic acids is 2. The quantitative estimate of drug-likeness (QED) is 0.608. The summed E-state index contributed by atoms with van der Waals surface area (Å²) in [5.74, 6) is -0.267. The van der Waals surface area contributed by atoms with E-state index in [1.165, 1.54) is 36.5 Å². The summed E-state index contributed by atoms with van der Waals surface area (Å²) >= 11 is 0. The van der Waals surface area contributed by atoms with E-state index in [9.17, 15) is 18.0 Å². The number of hydrogen-bond donors (Lipinski definition) is 3. The summed E-state index contributed by atoms with van der Waals surface area (Å²) < 4.78 is 32.8. The molecule has 0 spiro atoms. The average Bonchev–Trinajstić information content (AvgIpc) is 3.19. The van der Waals surface area contributed by atoms with Crippen molar-refractivity contribution in [1.29, 1.82) is 0 Å². The van der Waals surface area contributed by atoms with E-state index in [0.717, 1.165) is 12.8 Å². The average molecular weight is 382 g/mol. The first kappa shape index (κ1) is 18.6. The summed E-state index contributed by atoms with van der Waals surface area (Å²) in [6.45, 7) is 2.15. The highest BCUT2D eigenvalue weighted by atomic mass is 32.2. The van der Waals surface area contributed by atoms with Crippen molar-refractivity contribution in [2.45, 2.75) is 36.2 Å². The van der Waals surface area contributed by atoms with Crippen LogP contribution in [0.5, 0.6) is 5.75 Å². The molecule has 142 valence electrons. The van der Waals surface area contributed by atoms with Crippen LogP contribution in [0.3, 0.4) is 0 Å². The zero-order chi connectivity index (χ0) is 19.1. The summed E-state index contributed by atoms with van der Waals surface area (Å²) in [6.07, 6.45) is 1.47. The first-order valence-electron chi connectivity index (χ1n) is 8.28. The number of carbonyl (C=O) groups is 2. The lowest BCUT2D eigenvalue weighted by molar-refractivity contribution is -0.123. The van der Waals surface area contributed by atoms with E-state index in [0.29, 0.717) is 12.3 Å². The van der Waals surface area contributed by atoms with Gasteiger partial charge in [0.1, 0.15) is 11.3 Å². The Morgan fingerprint density at radius 1 is 1.38 bits per heavy atom. The molecule has 0 aromatic heterocycles. The summed E-state index contributed by atoms with van der Waals surface area (Å²) in [5, 5.41) is 4.70. The molecule has 2 aliphatic rings. The molecule has 9 nitrogen and oxygen atoms in total. The second-order valence-corrected chi connectivity index (χ2v) is 8.43. The fourth-order valence-corrected chi connectivity index (χ4v) is 5.20. The highest BCUT2D eigenvalue weighted by molar-refractivity contribution is 7.89. The molecule has 4 N–H and O–H groups in total. The number of nitrogens with two attached hydrogens (primary N) is 1. The van der Waals surface area contributed by atoms with Crippen LogP contribution in [0, 0.1) is 0 Å². The lowest BCUT2D eigenvalue weighted by atomic mass is 9.91. The van der Waals surface area contributed by atoms with Gasteiger partial charge in [-0.25, -0.2) is 13.2 Å². The molecule has 10 heteroatoms. The van der Waals surface area contributed by atoms with Gasteiger partial charge in [-0.3, -0.25) is 10.1 Å². The van der Waals surface area contributed by atoms with Crippen molar-refractivity contribution in [3.05, 3.63) is 23.8 Å². The molecule has 2 aliphatic heterocycles. The van der Waals surface area contributed by atoms with E-state index in [-0.39, 0.29) is 23.0 Å². The SMILES string of the molecule is COc1ccc(S(=O)(=O)N2CCCC2CN)cc1C1(C)NC(=O)NC1=O. The Balaban J connectivity index is 2.09. The van der Waals surface area contributed by atoms with E-state index in [1.54, 1.807) is 0 Å². The number of sulfonamides is 1. The van der Waals surface area contributed by atoms with Gasteiger partial charge in [-0.1, -0.05) is 0 Å². The molecule has 1 aromatic carbocycles. The number of imide groups is 1. The topological polar surface area (TPSA) is 131 Å². The number of amides is 3. The second kappa shape index (κ2) is 6.53. The van der Waals surface area contributed by atoms with Gasteiger partial charge in [0.2, 0.25) is 10.0 Å². The molecule has 2 saturated heterocycles. The molecule has 3 amide bonds. The van der Waals surface area contributed by atoms with Crippen LogP contribution in [0.4, 0.5) is 4.79 Å². The van der Waals surface area contributed by atoms with Gasteiger partial charge in [0.05, 0.1) is 12.0 Å². The summed E-state index contributed by atoms with van der Waals surface area (Å²) in [7, 11) is -2.37. The van der Waals surface area contributed by atoms with E-state index in [1.807, 2.05) is 0 Å². The largest absolute Gasteiger partial charge is 0.496 e. The molecule has 2 atom stereocenters. The fourth-order valence-electron chi connectivity index (χ4n) is 3.47. The zero-order valence-electron chi connectivity index (χ0n) is 14.6. The van der Waals surface area contributed by atoms with Gasteiger partial charge >= 0.3 is 6.03 Å². The molecule has 26 heavy (non-hydrogen) atoms. The summed E-state index contributed by atoms with van der Waals surface area (Å²) in [5.41, 5.74) is 4.55. The minimum absolute atomic E-state index is 0.0313. The number of nitrogens with zero attached hydrogens (tertiary/aromatic N) is 1. The number of methoxy groups -OCH3 is 1. The van der Waals surface area contributed by atoms with Crippen molar-refractivity contribution in [3.8, 4) is 5.75 Å². The lowest BCUT2D eigenvalue weighted by Crippen LogP contribution is -2.42. The van der Waals surface area contributed by atoms with Crippen LogP contribution in [-0.4, -0.2) is 50.9 Å². The maximum Gasteiger partial charge on any atom is 0.322 e. The van der Waals surface area contributed by atoms with E-state index < -0.39 is 27.5 Å². The smallest absolute Gasteiger partial charge is 0.322 e. The molecule has 0 aliphatic carbocycles. The van der Waals surface area contributed by atoms with E-state index in [2.05, 4.69) is 10.6 Å². The maximum atomic E-state index is 13.1. The highest BCUT2D eigenvalue weighted by Gasteiger charge is 2.46. The van der Waals surface area contributed by atoms with E-state index >= 15 is 0 Å². The van der Waals surface area contributed by atoms with Crippen LogP contribution in [0.1, 0.15) is 25.3 Å². The van der Waals surface area contributed by atoms with Gasteiger partial charge < -0.3 is 15.8 Å². The van der Waals surface area contributed by atoms with Crippen LogP contribution >= 0.6 is 0 Å². The van der Waals surface area contributed by atoms with E-state index in [4.69, 9.17) is 10.5 Å². The molecule has 3 rings (SSSR count). The summed E-state index contributed by atoms with van der Waals surface area (Å²) in [4.78, 5) is 23.9. The van der Waals surface area contributed by atoms with Crippen LogP contribution in [0.15, 0.2) is 23.1 Å². The zero-order valence-corrected chi connectivity index (χ0v) is 15.4. The number of rotatable bonds is 5. The minimum atomic E-state index is -3.78. The molecule has 0 radical (unpaired) electrons. The van der Waals surface area contributed by atoms with Crippen LogP contribution in [-0.2, 0) is 20.4 Å². The van der Waals surface area contributed by atoms with Gasteiger partial charge in [-0.15, -0.1) is 0 Å². The Kier molecular flexibility index (Phi) is 4.67. The standard InChI is InChI=1S/C16H22N4O5S/c1-16(14(21)18-15(22)19-16)12-8-11(5-6-13(12)25-2)26(23,24)20-7-3-4-10(20)9-17/h5-6,8,10H,3-4,7,9,17H2,1-2H3,(H2,18,19,21,22). The molecule has 0 saturated carbocycles. The lowest BCUT2D eigenvalue weighted by Gasteiger charge is -2.26. The molecular formula is C16H22N4O5S. The summed E-state index contributed by atoms with van der Waals surface area (Å²) in [6, 6.07) is 3.41. The third kappa shape index (κ3) is 2.83. The Morgan fingerprint density at radius 2 is 2.12 bits per heavy atom. The molecule has 0 bridgehead atoms. The number of benzene rings is 1. The van der Waals surface area contributed by atoms with Crippen molar-refractivity contribution >= 4 is 22.0 Å². The van der Waals surface area contributed by atoms with Gasteiger partial charge in [-0.05, 0) is 38.0 Å². The third-order valence-corrected chi connectivity index (χ3v) is 6.90. The Labute approximate surface area is 151 Å². The van der Waals surface area contributed by atoms with Crippen molar-refractivity contribution in [3.63, 3.8) is 0 Å². The van der Waals surface area contributed by atoms with Gasteiger partial charge in [0.25, 0.3) is 5.91 Å². The van der Waals surface area contributed by atoms with Crippen LogP contribution in [0.2, 0.25) is 0 Å². The highest BCUT2D eigenvalue weighted by Crippen LogP contribution is 2.35. The van der Waals surface area contributed by atoms with Gasteiger partial charge in [0, 0.05) is 24.7 Å². The molecule has 2 fully saturated rings. The Bertz CT molecular complexity index is 856. The van der Waals surface area contributed by atoms with Crippen LogP contribution in [0.25, 0.3) is 0 Å². The number of ether oxygens (including phenoxy) is 1. The van der Waals surface area contributed by atoms with Gasteiger partial charge in [-0.2, -0.15) is 4.31 Å². The first-order chi connectivity index (χ1) is 12.2. The second-order valence-electron chi connectivity index (χ2n) is 6.54. The maximum absolute atomic E-state index is 13.1. The molecule has 2 unspecified atom stereocenters. The minimum Gasteiger partial charge on any atom is -0.496 e. The molecule has 2 heterocycles. The number of urea groups is 1. The molecular weight excluding hydrogens is 360 g/mol. The predicted molar refractivity (Wildman–Crippen MR) is 93.0 cm³/mol. The van der Waals surface area contributed by atoms with Crippen molar-refractivity contribution < 1.29 is 22.7 Å². The Hall–Kier alpha value is -2.17. The first-order valence-corrected chi connectivity index (χ1v) is 9.72. The number of hydrogen-bond acceptors (Lipinski definition) is 6.